The van der Waals surface area contributed by atoms with Crippen LogP contribution in [0.3, 0.4) is 0 Å². The minimum atomic E-state index is -0.836. The number of carbonyl (C=O) groups excluding carboxylic acids is 2. The number of fused-ring (bicyclic) bond motifs is 1. The number of hydrogen-bond donors (Lipinski definition) is 3. The number of thiophene rings is 1. The summed E-state index contributed by atoms with van der Waals surface area (Å²) in [5.41, 5.74) is 4.56. The van der Waals surface area contributed by atoms with E-state index in [0.29, 0.717) is 76.1 Å². The van der Waals surface area contributed by atoms with Gasteiger partial charge in [0, 0.05) is 58.4 Å². The van der Waals surface area contributed by atoms with E-state index in [2.05, 4.69) is 44.3 Å². The third-order valence-corrected chi connectivity index (χ3v) is 14.4. The van der Waals surface area contributed by atoms with Crippen LogP contribution < -0.4 is 10.1 Å². The quantitative estimate of drug-likeness (QED) is 0.166. The molecule has 2 atom stereocenters. The number of benzene rings is 2. The molecular weight excluding hydrogens is 783 g/mol. The molecule has 4 fully saturated rings. The Balaban J connectivity index is 0.806. The number of nitrogens with one attached hydrogen (secondary N) is 1. The van der Waals surface area contributed by atoms with Crippen molar-refractivity contribution >= 4 is 34.8 Å². The van der Waals surface area contributed by atoms with Gasteiger partial charge in [-0.25, -0.2) is 0 Å². The third kappa shape index (κ3) is 10.2. The highest BCUT2D eigenvalue weighted by Gasteiger charge is 2.42. The van der Waals surface area contributed by atoms with Crippen molar-refractivity contribution in [1.29, 1.82) is 0 Å². The van der Waals surface area contributed by atoms with E-state index in [1.165, 1.54) is 41.7 Å². The molecule has 13 nitrogen and oxygen atoms in total. The van der Waals surface area contributed by atoms with Crippen LogP contribution in [-0.2, 0) is 38.4 Å². The van der Waals surface area contributed by atoms with Crippen molar-refractivity contribution in [3.05, 3.63) is 75.0 Å². The lowest BCUT2D eigenvalue weighted by atomic mass is 9.89. The smallest absolute Gasteiger partial charge is 0.323 e. The molecule has 3 aromatic rings. The van der Waals surface area contributed by atoms with Crippen LogP contribution in [0.15, 0.2) is 47.8 Å². The van der Waals surface area contributed by atoms with Gasteiger partial charge in [-0.05, 0) is 91.6 Å². The number of rotatable bonds is 15. The fourth-order valence-corrected chi connectivity index (χ4v) is 10.9. The first-order valence-electron chi connectivity index (χ1n) is 22.0. The van der Waals surface area contributed by atoms with Gasteiger partial charge in [0.05, 0.1) is 36.3 Å². The summed E-state index contributed by atoms with van der Waals surface area (Å²) in [6.07, 6.45) is 9.40. The number of anilines is 1. The van der Waals surface area contributed by atoms with Crippen molar-refractivity contribution in [2.24, 2.45) is 0 Å². The third-order valence-electron chi connectivity index (χ3n) is 13.3. The highest BCUT2D eigenvalue weighted by atomic mass is 32.1. The molecule has 3 N–H and O–H groups in total. The van der Waals surface area contributed by atoms with E-state index in [1.54, 1.807) is 6.07 Å². The number of aromatic hydroxyl groups is 1. The summed E-state index contributed by atoms with van der Waals surface area (Å²) in [7, 11) is 0. The van der Waals surface area contributed by atoms with Gasteiger partial charge < -0.3 is 34.6 Å². The largest absolute Gasteiger partial charge is 0.506 e. The van der Waals surface area contributed by atoms with Crippen molar-refractivity contribution in [2.45, 2.75) is 101 Å². The van der Waals surface area contributed by atoms with Crippen LogP contribution in [0.1, 0.15) is 83.3 Å². The highest BCUT2D eigenvalue weighted by molar-refractivity contribution is 7.12. The van der Waals surface area contributed by atoms with Gasteiger partial charge in [0.1, 0.15) is 17.5 Å². The van der Waals surface area contributed by atoms with E-state index >= 15 is 0 Å². The lowest BCUT2D eigenvalue weighted by molar-refractivity contribution is -0.146. The molecule has 0 bridgehead atoms. The number of aliphatic carboxylic acids is 1. The molecular formula is C46H61N5O8S. The van der Waals surface area contributed by atoms with Gasteiger partial charge in [-0.15, -0.1) is 11.3 Å². The maximum Gasteiger partial charge on any atom is 0.323 e. The van der Waals surface area contributed by atoms with Gasteiger partial charge in [0.2, 0.25) is 0 Å². The first-order chi connectivity index (χ1) is 29.1. The van der Waals surface area contributed by atoms with Gasteiger partial charge in [0.25, 0.3) is 11.8 Å². The standard InChI is InChI=1S/C46H61N5O8S/c1-32-26-39(60-30-32)44(54)51-23-25-59-46(31-51)15-19-48(20-16-46)28-34-7-5-6-33(27-34)14-24-57-38-13-18-50(42(38)45(55)56)22-21-49(36-8-3-2-4-9-36)17-12-35-10-11-37(52)41-43(35)58-29-40(53)47-41/h5-7,10-11,26-27,30,36,38,42,52H,2-4,8-9,12-25,28-29,31H2,1H3,(H,47,53)(H,55,56)/t38?,42-/m0/s1. The molecule has 1 aromatic heterocycles. The monoisotopic (exact) mass is 843 g/mol. The fourth-order valence-electron chi connectivity index (χ4n) is 10.0. The van der Waals surface area contributed by atoms with Crippen molar-refractivity contribution < 1.29 is 38.8 Å². The number of hydrogen-bond acceptors (Lipinski definition) is 11. The predicted molar refractivity (Wildman–Crippen MR) is 230 cm³/mol. The Labute approximate surface area is 357 Å². The molecule has 60 heavy (non-hydrogen) atoms. The lowest BCUT2D eigenvalue weighted by Crippen LogP contribution is -2.57. The van der Waals surface area contributed by atoms with Crippen LogP contribution in [0, 0.1) is 6.92 Å². The number of phenolic OH excluding ortho intramolecular Hbond substituents is 1. The number of carbonyl (C=O) groups is 3. The molecule has 1 unspecified atom stereocenters. The van der Waals surface area contributed by atoms with Crippen molar-refractivity contribution in [3.63, 3.8) is 0 Å². The zero-order chi connectivity index (χ0) is 41.6. The average Bonchev–Trinajstić information content (AvgIpc) is 3.89. The van der Waals surface area contributed by atoms with Crippen LogP contribution in [-0.4, -0.2) is 144 Å². The molecule has 4 aliphatic heterocycles. The number of carboxylic acids is 1. The second-order valence-corrected chi connectivity index (χ2v) is 18.4. The van der Waals surface area contributed by atoms with Crippen LogP contribution in [0.2, 0.25) is 0 Å². The summed E-state index contributed by atoms with van der Waals surface area (Å²) in [6.45, 7) is 9.81. The Morgan fingerprint density at radius 2 is 1.82 bits per heavy atom. The molecule has 5 aliphatic rings. The average molecular weight is 844 g/mol. The van der Waals surface area contributed by atoms with Crippen LogP contribution >= 0.6 is 11.3 Å². The number of morpholine rings is 1. The van der Waals surface area contributed by atoms with Gasteiger partial charge in [-0.2, -0.15) is 0 Å². The molecule has 2 amide bonds. The van der Waals surface area contributed by atoms with Gasteiger partial charge in [-0.3, -0.25) is 29.1 Å². The van der Waals surface area contributed by atoms with Crippen LogP contribution in [0.5, 0.6) is 11.5 Å². The molecule has 2 aromatic carbocycles. The minimum absolute atomic E-state index is 0.00391. The van der Waals surface area contributed by atoms with E-state index < -0.39 is 12.0 Å². The first-order valence-corrected chi connectivity index (χ1v) is 22.9. The minimum Gasteiger partial charge on any atom is -0.506 e. The fraction of sp³-hybridized carbons (Fsp3) is 0.587. The molecule has 0 radical (unpaired) electrons. The number of aryl methyl sites for hydroxylation is 1. The van der Waals surface area contributed by atoms with Gasteiger partial charge in [-0.1, -0.05) is 49.6 Å². The number of piperidine rings is 1. The van der Waals surface area contributed by atoms with Crippen molar-refractivity contribution in [1.82, 2.24) is 19.6 Å². The van der Waals surface area contributed by atoms with E-state index in [4.69, 9.17) is 14.2 Å². The summed E-state index contributed by atoms with van der Waals surface area (Å²) >= 11 is 1.52. The second kappa shape index (κ2) is 19.3. The maximum absolute atomic E-state index is 13.2. The number of phenols is 1. The van der Waals surface area contributed by atoms with Crippen LogP contribution in [0.4, 0.5) is 5.69 Å². The number of likely N-dealkylation sites (tertiary alicyclic amines) is 2. The first kappa shape index (κ1) is 42.6. The highest BCUT2D eigenvalue weighted by Crippen LogP contribution is 2.40. The SMILES string of the molecule is Cc1csc(C(=O)N2CCOC3(CCN(Cc4cccc(CCOC5CCN(CCN(CCc6ccc(O)c7c6OCC(=O)N7)C6CCCCC6)[C@@H]5C(=O)O)c4)CC3)C2)c1. The van der Waals surface area contributed by atoms with Gasteiger partial charge >= 0.3 is 5.97 Å². The zero-order valence-corrected chi connectivity index (χ0v) is 35.8. The summed E-state index contributed by atoms with van der Waals surface area (Å²) < 4.78 is 18.5. The number of nitrogens with zero attached hydrogens (tertiary/aromatic N) is 4. The predicted octanol–water partition coefficient (Wildman–Crippen LogP) is 5.56. The van der Waals surface area contributed by atoms with Crippen LogP contribution in [0.25, 0.3) is 0 Å². The van der Waals surface area contributed by atoms with Gasteiger partial charge in [0.15, 0.2) is 12.4 Å². The summed E-state index contributed by atoms with van der Waals surface area (Å²) in [5.74, 6) is -0.467. The van der Waals surface area contributed by atoms with E-state index in [0.717, 1.165) is 74.4 Å². The van der Waals surface area contributed by atoms with Crippen molar-refractivity contribution in [3.8, 4) is 11.5 Å². The van der Waals surface area contributed by atoms with Crippen molar-refractivity contribution in [2.75, 3.05) is 77.5 Å². The Morgan fingerprint density at radius 3 is 2.60 bits per heavy atom. The molecule has 1 aliphatic carbocycles. The Kier molecular flexibility index (Phi) is 13.7. The molecule has 3 saturated heterocycles. The summed E-state index contributed by atoms with van der Waals surface area (Å²) in [5, 5.41) is 25.5. The van der Waals surface area contributed by atoms with E-state index in [1.807, 2.05) is 29.3 Å². The number of ether oxygens (including phenoxy) is 3. The Bertz CT molecular complexity index is 1980. The second-order valence-electron chi connectivity index (χ2n) is 17.5. The molecule has 14 heteroatoms. The number of amides is 2. The maximum atomic E-state index is 13.2. The number of carboxylic acid groups (broad SMARTS) is 1. The molecule has 8 rings (SSSR count). The molecule has 1 spiro atoms. The molecule has 5 heterocycles. The topological polar surface area (TPSA) is 144 Å². The van der Waals surface area contributed by atoms with E-state index in [-0.39, 0.29) is 35.9 Å². The molecule has 324 valence electrons. The lowest BCUT2D eigenvalue weighted by Gasteiger charge is -2.47. The normalized spacial score (nSPS) is 22.5. The Hall–Kier alpha value is -4.05. The Morgan fingerprint density at radius 1 is 1.00 bits per heavy atom. The van der Waals surface area contributed by atoms with E-state index in [9.17, 15) is 24.6 Å². The zero-order valence-electron chi connectivity index (χ0n) is 34.9. The summed E-state index contributed by atoms with van der Waals surface area (Å²) in [6, 6.07) is 13.9. The summed E-state index contributed by atoms with van der Waals surface area (Å²) in [4.78, 5) is 47.7. The molecule has 1 saturated carbocycles.